The van der Waals surface area contributed by atoms with Crippen LogP contribution in [0.25, 0.3) is 0 Å². The molecule has 0 bridgehead atoms. The van der Waals surface area contributed by atoms with E-state index in [0.717, 1.165) is 5.69 Å². The Kier molecular flexibility index (Phi) is 3.80. The minimum absolute atomic E-state index is 0.103. The molecule has 2 rings (SSSR count). The molecule has 0 atom stereocenters. The summed E-state index contributed by atoms with van der Waals surface area (Å²) in [6.07, 6.45) is 0. The van der Waals surface area contributed by atoms with Crippen LogP contribution in [0.2, 0.25) is 0 Å². The number of aryl methyl sites for hydroxylation is 2. The summed E-state index contributed by atoms with van der Waals surface area (Å²) in [6, 6.07) is 12.8. The van der Waals surface area contributed by atoms with E-state index < -0.39 is 0 Å². The van der Waals surface area contributed by atoms with Crippen LogP contribution in [0, 0.1) is 24.0 Å². The summed E-state index contributed by atoms with van der Waals surface area (Å²) in [5.74, 6) is 0. The standard InChI is InChI=1S/C15H16N2O2/c1-11-6-7-12(2)13(8-11)10-16-14-4-3-5-15(9-14)17(18)19/h3-9,16H,10H2,1-2H3. The molecule has 4 heteroatoms. The maximum absolute atomic E-state index is 10.7. The van der Waals surface area contributed by atoms with E-state index >= 15 is 0 Å². The van der Waals surface area contributed by atoms with Crippen molar-refractivity contribution >= 4 is 11.4 Å². The third-order valence-electron chi connectivity index (χ3n) is 3.04. The number of anilines is 1. The lowest BCUT2D eigenvalue weighted by Gasteiger charge is -2.10. The fraction of sp³-hybridized carbons (Fsp3) is 0.200. The molecule has 2 aromatic rings. The van der Waals surface area contributed by atoms with Crippen molar-refractivity contribution in [1.82, 2.24) is 0 Å². The van der Waals surface area contributed by atoms with E-state index in [4.69, 9.17) is 0 Å². The van der Waals surface area contributed by atoms with Gasteiger partial charge in [-0.1, -0.05) is 29.8 Å². The third-order valence-corrected chi connectivity index (χ3v) is 3.04. The summed E-state index contributed by atoms with van der Waals surface area (Å²) in [7, 11) is 0. The van der Waals surface area contributed by atoms with Crippen molar-refractivity contribution in [3.8, 4) is 0 Å². The highest BCUT2D eigenvalue weighted by atomic mass is 16.6. The van der Waals surface area contributed by atoms with Gasteiger partial charge in [-0.15, -0.1) is 0 Å². The molecule has 1 N–H and O–H groups in total. The van der Waals surface area contributed by atoms with Crippen LogP contribution in [0.1, 0.15) is 16.7 Å². The molecule has 4 nitrogen and oxygen atoms in total. The average molecular weight is 256 g/mol. The molecule has 0 radical (unpaired) electrons. The number of hydrogen-bond acceptors (Lipinski definition) is 3. The van der Waals surface area contributed by atoms with E-state index in [0.29, 0.717) is 6.54 Å². The lowest BCUT2D eigenvalue weighted by Crippen LogP contribution is -2.02. The predicted molar refractivity (Wildman–Crippen MR) is 76.3 cm³/mol. The van der Waals surface area contributed by atoms with Crippen LogP contribution in [0.15, 0.2) is 42.5 Å². The first-order valence-electron chi connectivity index (χ1n) is 6.11. The second kappa shape index (κ2) is 5.52. The largest absolute Gasteiger partial charge is 0.381 e. The highest BCUT2D eigenvalue weighted by Crippen LogP contribution is 2.18. The van der Waals surface area contributed by atoms with Crippen LogP contribution in [0.3, 0.4) is 0 Å². The van der Waals surface area contributed by atoms with Gasteiger partial charge in [0.05, 0.1) is 4.92 Å². The topological polar surface area (TPSA) is 55.2 Å². The Balaban J connectivity index is 2.12. The van der Waals surface area contributed by atoms with Gasteiger partial charge in [0.2, 0.25) is 0 Å². The number of nitrogens with one attached hydrogen (secondary N) is 1. The van der Waals surface area contributed by atoms with Crippen LogP contribution in [-0.4, -0.2) is 4.92 Å². The first kappa shape index (κ1) is 13.1. The van der Waals surface area contributed by atoms with Gasteiger partial charge in [-0.25, -0.2) is 0 Å². The molecule has 0 heterocycles. The van der Waals surface area contributed by atoms with E-state index in [1.165, 1.54) is 22.8 Å². The van der Waals surface area contributed by atoms with Crippen molar-refractivity contribution in [2.24, 2.45) is 0 Å². The zero-order valence-corrected chi connectivity index (χ0v) is 11.0. The van der Waals surface area contributed by atoms with E-state index in [1.54, 1.807) is 12.1 Å². The number of nitro groups is 1. The molecule has 0 spiro atoms. The zero-order chi connectivity index (χ0) is 13.8. The minimum atomic E-state index is -0.386. The summed E-state index contributed by atoms with van der Waals surface area (Å²) in [6.45, 7) is 4.77. The van der Waals surface area contributed by atoms with Crippen molar-refractivity contribution in [3.63, 3.8) is 0 Å². The van der Waals surface area contributed by atoms with Gasteiger partial charge in [-0.3, -0.25) is 10.1 Å². The summed E-state index contributed by atoms with van der Waals surface area (Å²) in [4.78, 5) is 10.3. The monoisotopic (exact) mass is 256 g/mol. The summed E-state index contributed by atoms with van der Waals surface area (Å²) in [5, 5.41) is 13.9. The van der Waals surface area contributed by atoms with Crippen LogP contribution >= 0.6 is 0 Å². The van der Waals surface area contributed by atoms with Crippen LogP contribution in [-0.2, 0) is 6.54 Å². The zero-order valence-electron chi connectivity index (χ0n) is 11.0. The van der Waals surface area contributed by atoms with E-state index in [2.05, 4.69) is 37.4 Å². The van der Waals surface area contributed by atoms with E-state index in [-0.39, 0.29) is 10.6 Å². The van der Waals surface area contributed by atoms with Crippen LogP contribution < -0.4 is 5.32 Å². The highest BCUT2D eigenvalue weighted by Gasteiger charge is 2.05. The van der Waals surface area contributed by atoms with E-state index in [1.807, 2.05) is 6.07 Å². The Bertz CT molecular complexity index is 609. The molecule has 0 aliphatic rings. The second-order valence-electron chi connectivity index (χ2n) is 4.59. The first-order chi connectivity index (χ1) is 9.06. The van der Waals surface area contributed by atoms with Gasteiger partial charge in [0.1, 0.15) is 0 Å². The minimum Gasteiger partial charge on any atom is -0.381 e. The predicted octanol–water partition coefficient (Wildman–Crippen LogP) is 3.82. The summed E-state index contributed by atoms with van der Waals surface area (Å²) >= 11 is 0. The van der Waals surface area contributed by atoms with Crippen molar-refractivity contribution in [1.29, 1.82) is 0 Å². The molecule has 2 aromatic carbocycles. The van der Waals surface area contributed by atoms with Crippen molar-refractivity contribution in [2.75, 3.05) is 5.32 Å². The Morgan fingerprint density at radius 3 is 2.68 bits per heavy atom. The number of rotatable bonds is 4. The highest BCUT2D eigenvalue weighted by molar-refractivity contribution is 5.51. The molecular weight excluding hydrogens is 240 g/mol. The van der Waals surface area contributed by atoms with Gasteiger partial charge in [-0.05, 0) is 31.0 Å². The van der Waals surface area contributed by atoms with Gasteiger partial charge in [0, 0.05) is 24.4 Å². The first-order valence-corrected chi connectivity index (χ1v) is 6.11. The van der Waals surface area contributed by atoms with Crippen LogP contribution in [0.5, 0.6) is 0 Å². The molecule has 19 heavy (non-hydrogen) atoms. The maximum Gasteiger partial charge on any atom is 0.271 e. The Hall–Kier alpha value is -2.36. The third kappa shape index (κ3) is 3.31. The number of hydrogen-bond donors (Lipinski definition) is 1. The molecule has 0 fully saturated rings. The smallest absolute Gasteiger partial charge is 0.271 e. The number of benzene rings is 2. The lowest BCUT2D eigenvalue weighted by atomic mass is 10.1. The Morgan fingerprint density at radius 2 is 1.95 bits per heavy atom. The van der Waals surface area contributed by atoms with Crippen molar-refractivity contribution in [3.05, 3.63) is 69.3 Å². The Morgan fingerprint density at radius 1 is 1.16 bits per heavy atom. The number of non-ortho nitro benzene ring substituents is 1. The second-order valence-corrected chi connectivity index (χ2v) is 4.59. The molecule has 0 aromatic heterocycles. The molecular formula is C15H16N2O2. The van der Waals surface area contributed by atoms with Crippen LogP contribution in [0.4, 0.5) is 11.4 Å². The fourth-order valence-electron chi connectivity index (χ4n) is 1.92. The molecule has 0 aliphatic heterocycles. The fourth-order valence-corrected chi connectivity index (χ4v) is 1.92. The number of nitro benzene ring substituents is 1. The van der Waals surface area contributed by atoms with Gasteiger partial charge in [0.25, 0.3) is 5.69 Å². The summed E-state index contributed by atoms with van der Waals surface area (Å²) < 4.78 is 0. The Labute approximate surface area is 112 Å². The maximum atomic E-state index is 10.7. The van der Waals surface area contributed by atoms with Gasteiger partial charge in [-0.2, -0.15) is 0 Å². The van der Waals surface area contributed by atoms with Gasteiger partial charge >= 0.3 is 0 Å². The molecule has 0 aliphatic carbocycles. The van der Waals surface area contributed by atoms with E-state index in [9.17, 15) is 10.1 Å². The quantitative estimate of drug-likeness (QED) is 0.668. The van der Waals surface area contributed by atoms with Crippen molar-refractivity contribution in [2.45, 2.75) is 20.4 Å². The summed E-state index contributed by atoms with van der Waals surface area (Å²) in [5.41, 5.74) is 4.48. The molecule has 98 valence electrons. The van der Waals surface area contributed by atoms with Gasteiger partial charge in [0.15, 0.2) is 0 Å². The molecule has 0 unspecified atom stereocenters. The molecule has 0 saturated carbocycles. The SMILES string of the molecule is Cc1ccc(C)c(CNc2cccc([N+](=O)[O-])c2)c1. The molecule has 0 saturated heterocycles. The van der Waals surface area contributed by atoms with Crippen molar-refractivity contribution < 1.29 is 4.92 Å². The lowest BCUT2D eigenvalue weighted by molar-refractivity contribution is -0.384. The number of nitrogens with zero attached hydrogens (tertiary/aromatic N) is 1. The van der Waals surface area contributed by atoms with Gasteiger partial charge < -0.3 is 5.32 Å². The average Bonchev–Trinajstić information content (AvgIpc) is 2.40. The normalized spacial score (nSPS) is 10.2. The molecule has 0 amide bonds.